The molecule has 1 heterocycles. The van der Waals surface area contributed by atoms with E-state index in [1.165, 1.54) is 16.5 Å². The lowest BCUT2D eigenvalue weighted by molar-refractivity contribution is 0.288. The van der Waals surface area contributed by atoms with Crippen LogP contribution in [0.3, 0.4) is 0 Å². The van der Waals surface area contributed by atoms with Crippen molar-refractivity contribution in [2.45, 2.75) is 46.6 Å². The standard InChI is InChI=1S/C18H28N2O2/c1-5-21-17-10-14-15(13(3)4)12-20(9-7-8-19)16(14)11-18(17)22-6-2/h10-13H,5-9,19H2,1-4H3. The molecule has 0 aliphatic rings. The Morgan fingerprint density at radius 3 is 2.27 bits per heavy atom. The van der Waals surface area contributed by atoms with Crippen LogP contribution in [0.15, 0.2) is 18.3 Å². The number of ether oxygens (including phenoxy) is 2. The fraction of sp³-hybridized carbons (Fsp3) is 0.556. The molecule has 22 heavy (non-hydrogen) atoms. The molecule has 0 bridgehead atoms. The summed E-state index contributed by atoms with van der Waals surface area (Å²) in [7, 11) is 0. The summed E-state index contributed by atoms with van der Waals surface area (Å²) in [6.45, 7) is 11.3. The maximum Gasteiger partial charge on any atom is 0.163 e. The molecule has 0 saturated heterocycles. The maximum atomic E-state index is 5.77. The van der Waals surface area contributed by atoms with Gasteiger partial charge in [0.1, 0.15) is 0 Å². The van der Waals surface area contributed by atoms with Gasteiger partial charge in [0.05, 0.1) is 18.7 Å². The Morgan fingerprint density at radius 1 is 1.09 bits per heavy atom. The minimum atomic E-state index is 0.467. The Balaban J connectivity index is 2.59. The summed E-state index contributed by atoms with van der Waals surface area (Å²) >= 11 is 0. The van der Waals surface area contributed by atoms with Crippen LogP contribution in [-0.4, -0.2) is 24.3 Å². The van der Waals surface area contributed by atoms with Gasteiger partial charge in [0, 0.05) is 24.2 Å². The third kappa shape index (κ3) is 3.38. The van der Waals surface area contributed by atoms with E-state index >= 15 is 0 Å². The molecule has 4 heteroatoms. The highest BCUT2D eigenvalue weighted by Gasteiger charge is 2.16. The van der Waals surface area contributed by atoms with Gasteiger partial charge < -0.3 is 19.8 Å². The molecule has 4 nitrogen and oxygen atoms in total. The van der Waals surface area contributed by atoms with E-state index < -0.39 is 0 Å². The topological polar surface area (TPSA) is 49.4 Å². The van der Waals surface area contributed by atoms with Gasteiger partial charge in [0.25, 0.3) is 0 Å². The van der Waals surface area contributed by atoms with Gasteiger partial charge in [0.15, 0.2) is 11.5 Å². The fourth-order valence-corrected chi connectivity index (χ4v) is 2.77. The zero-order valence-electron chi connectivity index (χ0n) is 14.2. The predicted molar refractivity (Wildman–Crippen MR) is 92.0 cm³/mol. The number of rotatable bonds is 8. The molecule has 0 fully saturated rings. The molecule has 122 valence electrons. The Labute approximate surface area is 133 Å². The van der Waals surface area contributed by atoms with E-state index in [1.54, 1.807) is 0 Å². The number of aromatic nitrogens is 1. The van der Waals surface area contributed by atoms with Crippen molar-refractivity contribution in [1.82, 2.24) is 4.57 Å². The van der Waals surface area contributed by atoms with Crippen LogP contribution in [0, 0.1) is 0 Å². The highest BCUT2D eigenvalue weighted by molar-refractivity contribution is 5.88. The lowest BCUT2D eigenvalue weighted by Crippen LogP contribution is -2.05. The molecule has 2 N–H and O–H groups in total. The van der Waals surface area contributed by atoms with Crippen molar-refractivity contribution in [2.24, 2.45) is 5.73 Å². The van der Waals surface area contributed by atoms with Gasteiger partial charge in [-0.1, -0.05) is 13.8 Å². The van der Waals surface area contributed by atoms with Crippen molar-refractivity contribution >= 4 is 10.9 Å². The van der Waals surface area contributed by atoms with Crippen LogP contribution in [0.2, 0.25) is 0 Å². The summed E-state index contributed by atoms with van der Waals surface area (Å²) in [6.07, 6.45) is 3.22. The van der Waals surface area contributed by atoms with E-state index in [2.05, 4.69) is 36.7 Å². The molecular formula is C18H28N2O2. The molecule has 2 aromatic rings. The smallest absolute Gasteiger partial charge is 0.163 e. The van der Waals surface area contributed by atoms with Gasteiger partial charge in [-0.25, -0.2) is 0 Å². The molecule has 2 rings (SSSR count). The van der Waals surface area contributed by atoms with Crippen LogP contribution >= 0.6 is 0 Å². The number of nitrogens with zero attached hydrogens (tertiary/aromatic N) is 1. The van der Waals surface area contributed by atoms with Crippen molar-refractivity contribution in [1.29, 1.82) is 0 Å². The van der Waals surface area contributed by atoms with Crippen LogP contribution in [0.1, 0.15) is 45.6 Å². The monoisotopic (exact) mass is 304 g/mol. The fourth-order valence-electron chi connectivity index (χ4n) is 2.77. The summed E-state index contributed by atoms with van der Waals surface area (Å²) < 4.78 is 13.8. The van der Waals surface area contributed by atoms with Crippen molar-refractivity contribution in [3.05, 3.63) is 23.9 Å². The number of hydrogen-bond acceptors (Lipinski definition) is 3. The van der Waals surface area contributed by atoms with Crippen LogP contribution in [0.25, 0.3) is 10.9 Å². The number of aryl methyl sites for hydroxylation is 1. The Hall–Kier alpha value is -1.68. The first-order chi connectivity index (χ1) is 10.6. The SMILES string of the molecule is CCOc1cc2c(C(C)C)cn(CCCN)c2cc1OCC. The van der Waals surface area contributed by atoms with E-state index in [-0.39, 0.29) is 0 Å². The molecule has 0 atom stereocenters. The number of fused-ring (bicyclic) bond motifs is 1. The largest absolute Gasteiger partial charge is 0.490 e. The summed E-state index contributed by atoms with van der Waals surface area (Å²) in [5, 5.41) is 1.25. The summed E-state index contributed by atoms with van der Waals surface area (Å²) in [5.41, 5.74) is 8.21. The van der Waals surface area contributed by atoms with E-state index in [4.69, 9.17) is 15.2 Å². The minimum Gasteiger partial charge on any atom is -0.490 e. The molecule has 1 aromatic carbocycles. The summed E-state index contributed by atoms with van der Waals surface area (Å²) in [4.78, 5) is 0. The molecule has 0 aliphatic carbocycles. The van der Waals surface area contributed by atoms with Crippen LogP contribution in [-0.2, 0) is 6.54 Å². The average Bonchev–Trinajstić information content (AvgIpc) is 2.84. The number of benzene rings is 1. The Morgan fingerprint density at radius 2 is 1.73 bits per heavy atom. The first-order valence-corrected chi connectivity index (χ1v) is 8.24. The van der Waals surface area contributed by atoms with E-state index in [9.17, 15) is 0 Å². The van der Waals surface area contributed by atoms with Crippen LogP contribution in [0.4, 0.5) is 0 Å². The first-order valence-electron chi connectivity index (χ1n) is 8.24. The van der Waals surface area contributed by atoms with Gasteiger partial charge in [-0.15, -0.1) is 0 Å². The molecule has 0 aliphatic heterocycles. The zero-order chi connectivity index (χ0) is 16.1. The average molecular weight is 304 g/mol. The Bertz CT molecular complexity index is 617. The molecule has 0 spiro atoms. The van der Waals surface area contributed by atoms with Crippen molar-refractivity contribution in [3.63, 3.8) is 0 Å². The van der Waals surface area contributed by atoms with Gasteiger partial charge >= 0.3 is 0 Å². The summed E-state index contributed by atoms with van der Waals surface area (Å²) in [5.74, 6) is 2.11. The molecular weight excluding hydrogens is 276 g/mol. The third-order valence-electron chi connectivity index (χ3n) is 3.80. The second-order valence-electron chi connectivity index (χ2n) is 5.76. The van der Waals surface area contributed by atoms with Gasteiger partial charge in [0.2, 0.25) is 0 Å². The second kappa shape index (κ2) is 7.54. The van der Waals surface area contributed by atoms with Crippen LogP contribution < -0.4 is 15.2 Å². The van der Waals surface area contributed by atoms with E-state index in [1.807, 2.05) is 13.8 Å². The number of nitrogens with two attached hydrogens (primary N) is 1. The Kier molecular flexibility index (Phi) is 5.72. The van der Waals surface area contributed by atoms with Crippen molar-refractivity contribution in [2.75, 3.05) is 19.8 Å². The maximum absolute atomic E-state index is 5.77. The number of hydrogen-bond donors (Lipinski definition) is 1. The lowest BCUT2D eigenvalue weighted by atomic mass is 10.0. The first kappa shape index (κ1) is 16.7. The second-order valence-corrected chi connectivity index (χ2v) is 5.76. The van der Waals surface area contributed by atoms with E-state index in [0.29, 0.717) is 25.7 Å². The summed E-state index contributed by atoms with van der Waals surface area (Å²) in [6, 6.07) is 4.23. The van der Waals surface area contributed by atoms with Crippen molar-refractivity contribution < 1.29 is 9.47 Å². The normalized spacial score (nSPS) is 11.4. The molecule has 0 radical (unpaired) electrons. The van der Waals surface area contributed by atoms with E-state index in [0.717, 1.165) is 24.5 Å². The van der Waals surface area contributed by atoms with Gasteiger partial charge in [-0.3, -0.25) is 0 Å². The molecule has 0 saturated carbocycles. The zero-order valence-corrected chi connectivity index (χ0v) is 14.2. The highest BCUT2D eigenvalue weighted by atomic mass is 16.5. The minimum absolute atomic E-state index is 0.467. The molecule has 1 aromatic heterocycles. The van der Waals surface area contributed by atoms with Gasteiger partial charge in [-0.05, 0) is 44.4 Å². The quantitative estimate of drug-likeness (QED) is 0.804. The molecule has 0 amide bonds. The predicted octanol–water partition coefficient (Wildman–Crippen LogP) is 3.91. The van der Waals surface area contributed by atoms with Crippen molar-refractivity contribution in [3.8, 4) is 11.5 Å². The van der Waals surface area contributed by atoms with Gasteiger partial charge in [-0.2, -0.15) is 0 Å². The lowest BCUT2D eigenvalue weighted by Gasteiger charge is -2.13. The third-order valence-corrected chi connectivity index (χ3v) is 3.80. The molecule has 0 unspecified atom stereocenters. The van der Waals surface area contributed by atoms with Crippen LogP contribution in [0.5, 0.6) is 11.5 Å². The highest BCUT2D eigenvalue weighted by Crippen LogP contribution is 2.37.